The summed E-state index contributed by atoms with van der Waals surface area (Å²) in [5, 5.41) is 3.96. The summed E-state index contributed by atoms with van der Waals surface area (Å²) in [7, 11) is 0. The van der Waals surface area contributed by atoms with Gasteiger partial charge in [-0.1, -0.05) is 34.5 Å². The first-order valence-electron chi connectivity index (χ1n) is 7.97. The van der Waals surface area contributed by atoms with Crippen molar-refractivity contribution in [3.63, 3.8) is 0 Å². The first-order chi connectivity index (χ1) is 10.7. The number of halogens is 1. The van der Waals surface area contributed by atoms with Gasteiger partial charge in [-0.3, -0.25) is 4.79 Å². The smallest absolute Gasteiger partial charge is 0.232 e. The standard InChI is InChI=1S/C17H22BrNO3/c18-9-7-13-4-3-5-14(12-13)19-16(20)15-6-1-2-8-17(15)21-10-11-22-17/h3-5,12,15H,1-2,6-11H2,(H,19,20). The highest BCUT2D eigenvalue weighted by Gasteiger charge is 2.49. The van der Waals surface area contributed by atoms with E-state index < -0.39 is 5.79 Å². The summed E-state index contributed by atoms with van der Waals surface area (Å²) in [4.78, 5) is 12.7. The highest BCUT2D eigenvalue weighted by atomic mass is 79.9. The summed E-state index contributed by atoms with van der Waals surface area (Å²) in [5.41, 5.74) is 2.06. The van der Waals surface area contributed by atoms with Crippen molar-refractivity contribution in [3.8, 4) is 0 Å². The van der Waals surface area contributed by atoms with Crippen molar-refractivity contribution in [2.24, 2.45) is 5.92 Å². The zero-order chi connectivity index (χ0) is 15.4. The van der Waals surface area contributed by atoms with E-state index in [0.29, 0.717) is 13.2 Å². The molecule has 1 saturated carbocycles. The van der Waals surface area contributed by atoms with Crippen molar-refractivity contribution in [2.75, 3.05) is 23.9 Å². The van der Waals surface area contributed by atoms with E-state index in [4.69, 9.17) is 9.47 Å². The van der Waals surface area contributed by atoms with Crippen LogP contribution in [0.3, 0.4) is 0 Å². The van der Waals surface area contributed by atoms with Crippen LogP contribution in [0.1, 0.15) is 31.2 Å². The van der Waals surface area contributed by atoms with E-state index in [1.807, 2.05) is 18.2 Å². The predicted molar refractivity (Wildman–Crippen MR) is 89.2 cm³/mol. The summed E-state index contributed by atoms with van der Waals surface area (Å²) in [5.74, 6) is -0.892. The molecule has 2 fully saturated rings. The number of amides is 1. The van der Waals surface area contributed by atoms with Crippen molar-refractivity contribution in [1.82, 2.24) is 0 Å². The van der Waals surface area contributed by atoms with Crippen LogP contribution < -0.4 is 5.32 Å². The highest BCUT2D eigenvalue weighted by molar-refractivity contribution is 9.09. The largest absolute Gasteiger partial charge is 0.347 e. The lowest BCUT2D eigenvalue weighted by molar-refractivity contribution is -0.210. The molecule has 1 saturated heterocycles. The molecule has 1 aliphatic carbocycles. The second kappa shape index (κ2) is 7.11. The Morgan fingerprint density at radius 2 is 2.14 bits per heavy atom. The molecular weight excluding hydrogens is 346 g/mol. The number of hydrogen-bond acceptors (Lipinski definition) is 3. The number of rotatable bonds is 4. The minimum atomic E-state index is -0.685. The Kier molecular flexibility index (Phi) is 5.16. The predicted octanol–water partition coefficient (Wildman–Crippen LogP) is 3.50. The van der Waals surface area contributed by atoms with Gasteiger partial charge in [0.1, 0.15) is 0 Å². The van der Waals surface area contributed by atoms with Crippen molar-refractivity contribution in [1.29, 1.82) is 0 Å². The van der Waals surface area contributed by atoms with Crippen LogP contribution in [-0.4, -0.2) is 30.2 Å². The van der Waals surface area contributed by atoms with Crippen LogP contribution in [0, 0.1) is 5.92 Å². The molecule has 0 aromatic heterocycles. The summed E-state index contributed by atoms with van der Waals surface area (Å²) in [6, 6.07) is 8.02. The molecule has 1 spiro atoms. The number of benzene rings is 1. The molecule has 1 atom stereocenters. The zero-order valence-corrected chi connectivity index (χ0v) is 14.2. The van der Waals surface area contributed by atoms with Crippen LogP contribution in [0.5, 0.6) is 0 Å². The lowest BCUT2D eigenvalue weighted by Crippen LogP contribution is -2.47. The molecule has 0 radical (unpaired) electrons. The highest BCUT2D eigenvalue weighted by Crippen LogP contribution is 2.41. The van der Waals surface area contributed by atoms with E-state index in [1.165, 1.54) is 5.56 Å². The van der Waals surface area contributed by atoms with Crippen molar-refractivity contribution >= 4 is 27.5 Å². The Hall–Kier alpha value is -0.910. The van der Waals surface area contributed by atoms with Crippen molar-refractivity contribution in [3.05, 3.63) is 29.8 Å². The number of carbonyl (C=O) groups excluding carboxylic acids is 1. The molecule has 1 unspecified atom stereocenters. The van der Waals surface area contributed by atoms with Gasteiger partial charge in [-0.15, -0.1) is 0 Å². The summed E-state index contributed by atoms with van der Waals surface area (Å²) >= 11 is 3.44. The number of carbonyl (C=O) groups is 1. The van der Waals surface area contributed by atoms with Gasteiger partial charge < -0.3 is 14.8 Å². The zero-order valence-electron chi connectivity index (χ0n) is 12.6. The number of ether oxygens (including phenoxy) is 2. The van der Waals surface area contributed by atoms with Gasteiger partial charge in [-0.05, 0) is 37.0 Å². The molecule has 3 rings (SSSR count). The summed E-state index contributed by atoms with van der Waals surface area (Å²) < 4.78 is 11.7. The first kappa shape index (κ1) is 16.0. The molecule has 22 heavy (non-hydrogen) atoms. The van der Waals surface area contributed by atoms with E-state index in [2.05, 4.69) is 27.3 Å². The van der Waals surface area contributed by atoms with Crippen molar-refractivity contribution < 1.29 is 14.3 Å². The van der Waals surface area contributed by atoms with E-state index in [-0.39, 0.29) is 11.8 Å². The summed E-state index contributed by atoms with van der Waals surface area (Å²) in [6.45, 7) is 1.18. The molecule has 120 valence electrons. The molecule has 1 N–H and O–H groups in total. The fraction of sp³-hybridized carbons (Fsp3) is 0.588. The summed E-state index contributed by atoms with van der Waals surface area (Å²) in [6.07, 6.45) is 4.70. The van der Waals surface area contributed by atoms with Gasteiger partial charge in [0.2, 0.25) is 5.91 Å². The number of nitrogens with one attached hydrogen (secondary N) is 1. The number of hydrogen-bond donors (Lipinski definition) is 1. The third kappa shape index (κ3) is 3.36. The second-order valence-corrected chi connectivity index (χ2v) is 6.73. The number of anilines is 1. The first-order valence-corrected chi connectivity index (χ1v) is 9.09. The Bertz CT molecular complexity index is 528. The monoisotopic (exact) mass is 367 g/mol. The maximum absolute atomic E-state index is 12.7. The average molecular weight is 368 g/mol. The van der Waals surface area contributed by atoms with Crippen LogP contribution in [0.15, 0.2) is 24.3 Å². The minimum Gasteiger partial charge on any atom is -0.347 e. The second-order valence-electron chi connectivity index (χ2n) is 5.94. The minimum absolute atomic E-state index is 0.0117. The molecule has 1 aromatic rings. The molecule has 4 nitrogen and oxygen atoms in total. The van der Waals surface area contributed by atoms with E-state index in [0.717, 1.165) is 43.1 Å². The van der Waals surface area contributed by atoms with Gasteiger partial charge in [-0.2, -0.15) is 0 Å². The molecule has 5 heteroatoms. The maximum atomic E-state index is 12.7. The quantitative estimate of drug-likeness (QED) is 0.828. The van der Waals surface area contributed by atoms with Crippen LogP contribution in [0.4, 0.5) is 5.69 Å². The Labute approximate surface area is 139 Å². The van der Waals surface area contributed by atoms with Gasteiger partial charge in [0.05, 0.1) is 19.1 Å². The SMILES string of the molecule is O=C(Nc1cccc(CCBr)c1)C1CCCCC12OCCO2. The Balaban J connectivity index is 1.71. The number of aryl methyl sites for hydroxylation is 1. The normalized spacial score (nSPS) is 23.6. The number of alkyl halides is 1. The molecule has 1 aliphatic heterocycles. The van der Waals surface area contributed by atoms with Crippen LogP contribution in [0.25, 0.3) is 0 Å². The lowest BCUT2D eigenvalue weighted by Gasteiger charge is -2.38. The Morgan fingerprint density at radius 3 is 2.91 bits per heavy atom. The maximum Gasteiger partial charge on any atom is 0.232 e. The van der Waals surface area contributed by atoms with Gasteiger partial charge in [0, 0.05) is 17.4 Å². The Morgan fingerprint density at radius 1 is 1.32 bits per heavy atom. The van der Waals surface area contributed by atoms with Crippen LogP contribution in [-0.2, 0) is 20.7 Å². The molecule has 1 amide bonds. The fourth-order valence-corrected chi connectivity index (χ4v) is 3.86. The molecule has 0 bridgehead atoms. The van der Waals surface area contributed by atoms with Crippen LogP contribution >= 0.6 is 15.9 Å². The van der Waals surface area contributed by atoms with Gasteiger partial charge in [-0.25, -0.2) is 0 Å². The molecule has 1 aromatic carbocycles. The molecule has 1 heterocycles. The van der Waals surface area contributed by atoms with Gasteiger partial charge in [0.15, 0.2) is 5.79 Å². The third-order valence-electron chi connectivity index (χ3n) is 4.47. The third-order valence-corrected chi connectivity index (χ3v) is 4.87. The van der Waals surface area contributed by atoms with E-state index in [1.54, 1.807) is 0 Å². The topological polar surface area (TPSA) is 47.6 Å². The van der Waals surface area contributed by atoms with Gasteiger partial charge in [0.25, 0.3) is 0 Å². The van der Waals surface area contributed by atoms with Crippen molar-refractivity contribution in [2.45, 2.75) is 37.9 Å². The van der Waals surface area contributed by atoms with E-state index >= 15 is 0 Å². The lowest BCUT2D eigenvalue weighted by atomic mass is 9.82. The fourth-order valence-electron chi connectivity index (χ4n) is 3.40. The molecule has 2 aliphatic rings. The average Bonchev–Trinajstić information content (AvgIpc) is 2.97. The van der Waals surface area contributed by atoms with Crippen LogP contribution in [0.2, 0.25) is 0 Å². The van der Waals surface area contributed by atoms with Gasteiger partial charge >= 0.3 is 0 Å². The molecular formula is C17H22BrNO3. The van der Waals surface area contributed by atoms with E-state index in [9.17, 15) is 4.79 Å².